The first-order valence-electron chi connectivity index (χ1n) is 8.08. The molecule has 7 nitrogen and oxygen atoms in total. The molecule has 0 fully saturated rings. The van der Waals surface area contributed by atoms with Crippen LogP contribution in [0.4, 0.5) is 5.95 Å². The number of hydrogen-bond acceptors (Lipinski definition) is 4. The van der Waals surface area contributed by atoms with Gasteiger partial charge in [-0.25, -0.2) is 4.79 Å². The second-order valence-corrected chi connectivity index (χ2v) is 5.22. The summed E-state index contributed by atoms with van der Waals surface area (Å²) in [7, 11) is 0. The molecule has 0 unspecified atom stereocenters. The largest absolute Gasteiger partial charge is 0.356 e. The second-order valence-electron chi connectivity index (χ2n) is 5.22. The molecule has 0 aliphatic rings. The summed E-state index contributed by atoms with van der Waals surface area (Å²) in [6.07, 6.45) is 1.86. The maximum absolute atomic E-state index is 12.7. The number of hydrogen-bond donors (Lipinski definition) is 1. The molecule has 0 spiro atoms. The van der Waals surface area contributed by atoms with Crippen molar-refractivity contribution in [2.24, 2.45) is 0 Å². The minimum atomic E-state index is -0.266. The first kappa shape index (κ1) is 16.3. The Morgan fingerprint density at radius 1 is 1.00 bits per heavy atom. The zero-order valence-electron chi connectivity index (χ0n) is 13.8. The maximum Gasteiger partial charge on any atom is 0.332 e. The van der Waals surface area contributed by atoms with Crippen molar-refractivity contribution in [1.82, 2.24) is 18.7 Å². The van der Waals surface area contributed by atoms with Gasteiger partial charge in [0.1, 0.15) is 0 Å². The van der Waals surface area contributed by atoms with Crippen molar-refractivity contribution in [3.8, 4) is 0 Å². The van der Waals surface area contributed by atoms with Crippen LogP contribution in [0.1, 0.15) is 40.5 Å². The Balaban J connectivity index is 2.86. The number of nitrogens with zero attached hydrogens (tertiary/aromatic N) is 4. The Morgan fingerprint density at radius 3 is 2.23 bits per heavy atom. The molecule has 2 aromatic rings. The smallest absolute Gasteiger partial charge is 0.332 e. The maximum atomic E-state index is 12.7. The van der Waals surface area contributed by atoms with E-state index in [0.717, 1.165) is 12.8 Å². The van der Waals surface area contributed by atoms with E-state index in [4.69, 9.17) is 0 Å². The highest BCUT2D eigenvalue weighted by Gasteiger charge is 2.19. The Labute approximate surface area is 129 Å². The van der Waals surface area contributed by atoms with Crippen molar-refractivity contribution in [3.63, 3.8) is 0 Å². The van der Waals surface area contributed by atoms with Crippen molar-refractivity contribution in [2.45, 2.75) is 60.2 Å². The molecular weight excluding hydrogens is 282 g/mol. The summed E-state index contributed by atoms with van der Waals surface area (Å²) < 4.78 is 4.79. The Bertz CT molecular complexity index is 769. The zero-order chi connectivity index (χ0) is 16.3. The molecule has 2 heterocycles. The minimum absolute atomic E-state index is 0.256. The van der Waals surface area contributed by atoms with E-state index in [1.165, 1.54) is 4.57 Å². The van der Waals surface area contributed by atoms with Crippen molar-refractivity contribution < 1.29 is 0 Å². The number of nitrogens with one attached hydrogen (secondary N) is 1. The summed E-state index contributed by atoms with van der Waals surface area (Å²) >= 11 is 0. The summed E-state index contributed by atoms with van der Waals surface area (Å²) in [5, 5.41) is 3.17. The third kappa shape index (κ3) is 2.55. The Hall–Kier alpha value is -2.05. The molecule has 0 amide bonds. The predicted octanol–water partition coefficient (Wildman–Crippen LogP) is 1.63. The molecule has 0 radical (unpaired) electrons. The number of imidazole rings is 1. The number of fused-ring (bicyclic) bond motifs is 1. The molecule has 0 bridgehead atoms. The molecule has 0 aromatic carbocycles. The normalized spacial score (nSPS) is 11.3. The van der Waals surface area contributed by atoms with Gasteiger partial charge in [-0.15, -0.1) is 0 Å². The van der Waals surface area contributed by atoms with Crippen LogP contribution in [0.2, 0.25) is 0 Å². The first-order chi connectivity index (χ1) is 10.6. The van der Waals surface area contributed by atoms with Gasteiger partial charge in [-0.1, -0.05) is 13.3 Å². The van der Waals surface area contributed by atoms with E-state index in [-0.39, 0.29) is 11.2 Å². The van der Waals surface area contributed by atoms with E-state index in [9.17, 15) is 9.59 Å². The molecule has 0 saturated carbocycles. The molecule has 0 aliphatic carbocycles. The Morgan fingerprint density at radius 2 is 1.68 bits per heavy atom. The molecule has 0 saturated heterocycles. The number of aromatic nitrogens is 4. The molecule has 0 atom stereocenters. The van der Waals surface area contributed by atoms with Crippen molar-refractivity contribution in [3.05, 3.63) is 20.8 Å². The highest BCUT2D eigenvalue weighted by atomic mass is 16.2. The van der Waals surface area contributed by atoms with Crippen LogP contribution in [0.25, 0.3) is 11.2 Å². The highest BCUT2D eigenvalue weighted by Crippen LogP contribution is 2.16. The van der Waals surface area contributed by atoms with Crippen LogP contribution in [0.5, 0.6) is 0 Å². The predicted molar refractivity (Wildman–Crippen MR) is 88.7 cm³/mol. The average molecular weight is 307 g/mol. The summed E-state index contributed by atoms with van der Waals surface area (Å²) in [6.45, 7) is 10.1. The molecule has 2 aromatic heterocycles. The molecule has 1 N–H and O–H groups in total. The Kier molecular flexibility index (Phi) is 5.05. The molecule has 0 aliphatic heterocycles. The van der Waals surface area contributed by atoms with Crippen LogP contribution < -0.4 is 16.6 Å². The second kappa shape index (κ2) is 6.81. The van der Waals surface area contributed by atoms with Gasteiger partial charge in [0.05, 0.1) is 0 Å². The number of unbranched alkanes of at least 4 members (excludes halogenated alkanes) is 1. The lowest BCUT2D eigenvalue weighted by Gasteiger charge is -2.10. The first-order valence-corrected chi connectivity index (χ1v) is 8.08. The lowest BCUT2D eigenvalue weighted by molar-refractivity contribution is 0.560. The number of anilines is 1. The third-order valence-electron chi connectivity index (χ3n) is 3.82. The minimum Gasteiger partial charge on any atom is -0.356 e. The monoisotopic (exact) mass is 307 g/mol. The van der Waals surface area contributed by atoms with Crippen molar-refractivity contribution >= 4 is 17.1 Å². The average Bonchev–Trinajstić information content (AvgIpc) is 2.86. The van der Waals surface area contributed by atoms with Crippen LogP contribution >= 0.6 is 0 Å². The van der Waals surface area contributed by atoms with Gasteiger partial charge in [-0.2, -0.15) is 4.98 Å². The van der Waals surface area contributed by atoms with Crippen molar-refractivity contribution in [1.29, 1.82) is 0 Å². The lowest BCUT2D eigenvalue weighted by Crippen LogP contribution is -2.40. The van der Waals surface area contributed by atoms with E-state index in [1.807, 2.05) is 25.3 Å². The van der Waals surface area contributed by atoms with Gasteiger partial charge in [-0.05, 0) is 27.2 Å². The van der Waals surface area contributed by atoms with E-state index in [1.54, 1.807) is 4.57 Å². The topological polar surface area (TPSA) is 73.8 Å². The summed E-state index contributed by atoms with van der Waals surface area (Å²) in [4.78, 5) is 29.8. The quantitative estimate of drug-likeness (QED) is 0.844. The van der Waals surface area contributed by atoms with Crippen LogP contribution in [0.15, 0.2) is 9.59 Å². The third-order valence-corrected chi connectivity index (χ3v) is 3.82. The lowest BCUT2D eigenvalue weighted by atomic mass is 10.3. The zero-order valence-corrected chi connectivity index (χ0v) is 13.8. The molecule has 122 valence electrons. The summed E-state index contributed by atoms with van der Waals surface area (Å²) in [5.74, 6) is 0.649. The summed E-state index contributed by atoms with van der Waals surface area (Å²) in [6, 6.07) is 0. The van der Waals surface area contributed by atoms with Crippen LogP contribution in [-0.2, 0) is 19.6 Å². The van der Waals surface area contributed by atoms with Gasteiger partial charge < -0.3 is 9.88 Å². The molecule has 7 heteroatoms. The fourth-order valence-corrected chi connectivity index (χ4v) is 2.69. The van der Waals surface area contributed by atoms with Gasteiger partial charge in [-0.3, -0.25) is 13.9 Å². The SMILES string of the molecule is CCCCn1c(=O)n(CC)c(=O)c2c1nc(NCC)n2CC. The van der Waals surface area contributed by atoms with E-state index < -0.39 is 0 Å². The van der Waals surface area contributed by atoms with Gasteiger partial charge >= 0.3 is 5.69 Å². The van der Waals surface area contributed by atoms with Gasteiger partial charge in [0, 0.05) is 26.2 Å². The summed E-state index contributed by atoms with van der Waals surface area (Å²) in [5.41, 5.74) is 0.480. The van der Waals surface area contributed by atoms with Crippen LogP contribution in [0.3, 0.4) is 0 Å². The van der Waals surface area contributed by atoms with Gasteiger partial charge in [0.2, 0.25) is 5.95 Å². The van der Waals surface area contributed by atoms with Crippen molar-refractivity contribution in [2.75, 3.05) is 11.9 Å². The molecule has 2 rings (SSSR count). The number of aryl methyl sites for hydroxylation is 2. The highest BCUT2D eigenvalue weighted by molar-refractivity contribution is 5.74. The standard InChI is InChI=1S/C15H25N5O2/c1-5-9-10-20-12-11(13(21)19(8-4)15(20)22)18(7-3)14(17-12)16-6-2/h5-10H2,1-4H3,(H,16,17). The molecular formula is C15H25N5O2. The number of rotatable bonds is 7. The van der Waals surface area contributed by atoms with Crippen LogP contribution in [-0.4, -0.2) is 25.2 Å². The van der Waals surface area contributed by atoms with Gasteiger partial charge in [0.15, 0.2) is 11.2 Å². The van der Waals surface area contributed by atoms with E-state index in [0.29, 0.717) is 43.3 Å². The fraction of sp³-hybridized carbons (Fsp3) is 0.667. The fourth-order valence-electron chi connectivity index (χ4n) is 2.69. The van der Waals surface area contributed by atoms with E-state index in [2.05, 4.69) is 17.2 Å². The van der Waals surface area contributed by atoms with E-state index >= 15 is 0 Å². The molecule has 22 heavy (non-hydrogen) atoms. The van der Waals surface area contributed by atoms with Crippen LogP contribution in [0, 0.1) is 0 Å². The van der Waals surface area contributed by atoms with Gasteiger partial charge in [0.25, 0.3) is 5.56 Å².